The Morgan fingerprint density at radius 3 is 2.79 bits per heavy atom. The smallest absolute Gasteiger partial charge is 0.258 e. The van der Waals surface area contributed by atoms with Crippen molar-refractivity contribution in [3.8, 4) is 0 Å². The molecule has 0 fully saturated rings. The van der Waals surface area contributed by atoms with E-state index < -0.39 is 5.54 Å². The van der Waals surface area contributed by atoms with Crippen molar-refractivity contribution in [2.24, 2.45) is 5.16 Å². The molecule has 0 unspecified atom stereocenters. The molecular weight excluding hydrogens is 184 g/mol. The largest absolute Gasteiger partial charge is 0.459 e. The molecule has 0 spiro atoms. The molecule has 5 nitrogen and oxygen atoms in total. The van der Waals surface area contributed by atoms with Gasteiger partial charge in [0.2, 0.25) is 5.54 Å². The van der Waals surface area contributed by atoms with Gasteiger partial charge in [0.25, 0.3) is 6.21 Å². The lowest BCUT2D eigenvalue weighted by Crippen LogP contribution is -2.36. The Morgan fingerprint density at radius 1 is 1.57 bits per heavy atom. The summed E-state index contributed by atoms with van der Waals surface area (Å²) in [5, 5.41) is 20.8. The van der Waals surface area contributed by atoms with Crippen LogP contribution < -0.4 is 0 Å². The van der Waals surface area contributed by atoms with E-state index in [2.05, 4.69) is 5.16 Å². The zero-order valence-corrected chi connectivity index (χ0v) is 8.08. The molecule has 76 valence electrons. The zero-order chi connectivity index (χ0) is 10.6. The summed E-state index contributed by atoms with van der Waals surface area (Å²) in [7, 11) is 0. The quantitative estimate of drug-likeness (QED) is 0.332. The van der Waals surface area contributed by atoms with Gasteiger partial charge in [0.1, 0.15) is 6.21 Å². The van der Waals surface area contributed by atoms with Crippen LogP contribution in [0.4, 0.5) is 0 Å². The molecule has 0 atom stereocenters. The SMILES string of the molecule is CC(C)(C=NO)[N+](O)=Cc1ccco1. The predicted octanol–water partition coefficient (Wildman–Crippen LogP) is 1.34. The highest BCUT2D eigenvalue weighted by Crippen LogP contribution is 2.04. The van der Waals surface area contributed by atoms with E-state index in [1.54, 1.807) is 26.0 Å². The minimum absolute atomic E-state index is 0.520. The van der Waals surface area contributed by atoms with Crippen LogP contribution in [-0.2, 0) is 0 Å². The number of hydrogen-bond acceptors (Lipinski definition) is 4. The maximum absolute atomic E-state index is 9.60. The Morgan fingerprint density at radius 2 is 2.29 bits per heavy atom. The van der Waals surface area contributed by atoms with Crippen molar-refractivity contribution < 1.29 is 19.6 Å². The van der Waals surface area contributed by atoms with E-state index in [9.17, 15) is 5.21 Å². The molecule has 0 aliphatic heterocycles. The van der Waals surface area contributed by atoms with Crippen molar-refractivity contribution in [1.82, 2.24) is 0 Å². The summed E-state index contributed by atoms with van der Waals surface area (Å²) in [6.07, 6.45) is 4.13. The van der Waals surface area contributed by atoms with Crippen LogP contribution >= 0.6 is 0 Å². The van der Waals surface area contributed by atoms with Gasteiger partial charge in [0.15, 0.2) is 5.76 Å². The van der Waals surface area contributed by atoms with Gasteiger partial charge in [-0.25, -0.2) is 0 Å². The van der Waals surface area contributed by atoms with Crippen molar-refractivity contribution in [2.75, 3.05) is 0 Å². The van der Waals surface area contributed by atoms with Gasteiger partial charge in [0.05, 0.1) is 6.26 Å². The molecule has 0 saturated carbocycles. The molecule has 1 aromatic rings. The molecule has 1 heterocycles. The Balaban J connectivity index is 2.89. The highest BCUT2D eigenvalue weighted by atomic mass is 16.5. The monoisotopic (exact) mass is 197 g/mol. The Labute approximate surface area is 81.5 Å². The second-order valence-electron chi connectivity index (χ2n) is 3.39. The third kappa shape index (κ3) is 2.35. The molecule has 14 heavy (non-hydrogen) atoms. The van der Waals surface area contributed by atoms with Gasteiger partial charge < -0.3 is 9.62 Å². The highest BCUT2D eigenvalue weighted by Gasteiger charge is 2.29. The maximum atomic E-state index is 9.60. The van der Waals surface area contributed by atoms with E-state index >= 15 is 0 Å². The first-order valence-electron chi connectivity index (χ1n) is 4.11. The molecule has 0 aliphatic carbocycles. The summed E-state index contributed by atoms with van der Waals surface area (Å²) in [5.74, 6) is 0.520. The van der Waals surface area contributed by atoms with Crippen LogP contribution in [0.5, 0.6) is 0 Å². The van der Waals surface area contributed by atoms with Gasteiger partial charge in [-0.15, -0.1) is 0 Å². The minimum Gasteiger partial charge on any atom is -0.459 e. The van der Waals surface area contributed by atoms with Crippen molar-refractivity contribution in [1.29, 1.82) is 0 Å². The summed E-state index contributed by atoms with van der Waals surface area (Å²) in [4.78, 5) is 0. The van der Waals surface area contributed by atoms with Crippen molar-refractivity contribution in [3.05, 3.63) is 24.2 Å². The molecule has 0 aromatic carbocycles. The van der Waals surface area contributed by atoms with E-state index in [1.807, 2.05) is 0 Å². The van der Waals surface area contributed by atoms with Gasteiger partial charge >= 0.3 is 0 Å². The van der Waals surface area contributed by atoms with Crippen molar-refractivity contribution in [3.63, 3.8) is 0 Å². The second kappa shape index (κ2) is 3.95. The average Bonchev–Trinajstić information content (AvgIpc) is 2.56. The van der Waals surface area contributed by atoms with Crippen LogP contribution in [0.25, 0.3) is 0 Å². The highest BCUT2D eigenvalue weighted by molar-refractivity contribution is 5.73. The number of rotatable bonds is 3. The first-order chi connectivity index (χ1) is 6.56. The molecular formula is C9H13N2O3+. The summed E-state index contributed by atoms with van der Waals surface area (Å²) in [6.45, 7) is 3.37. The van der Waals surface area contributed by atoms with Gasteiger partial charge in [-0.05, 0) is 16.9 Å². The third-order valence-electron chi connectivity index (χ3n) is 1.76. The van der Waals surface area contributed by atoms with Crippen molar-refractivity contribution >= 4 is 12.4 Å². The lowest BCUT2D eigenvalue weighted by atomic mass is 10.1. The molecule has 1 aromatic heterocycles. The Kier molecular flexibility index (Phi) is 2.91. The van der Waals surface area contributed by atoms with Crippen LogP contribution in [0.3, 0.4) is 0 Å². The zero-order valence-electron chi connectivity index (χ0n) is 8.08. The van der Waals surface area contributed by atoms with E-state index in [-0.39, 0.29) is 0 Å². The van der Waals surface area contributed by atoms with Crippen LogP contribution in [-0.4, -0.2) is 33.1 Å². The normalized spacial score (nSPS) is 13.7. The lowest BCUT2D eigenvalue weighted by Gasteiger charge is -2.08. The molecule has 1 rings (SSSR count). The van der Waals surface area contributed by atoms with Gasteiger partial charge in [-0.2, -0.15) is 0 Å². The summed E-state index contributed by atoms with van der Waals surface area (Å²) in [5.41, 5.74) is -0.790. The fourth-order valence-electron chi connectivity index (χ4n) is 0.852. The predicted molar refractivity (Wildman–Crippen MR) is 50.3 cm³/mol. The Hall–Kier alpha value is -1.78. The number of oxime groups is 1. The van der Waals surface area contributed by atoms with E-state index in [0.29, 0.717) is 5.76 Å². The van der Waals surface area contributed by atoms with Crippen LogP contribution in [0.1, 0.15) is 19.6 Å². The second-order valence-corrected chi connectivity index (χ2v) is 3.39. The number of hydroxylamine groups is 1. The van der Waals surface area contributed by atoms with Gasteiger partial charge in [-0.3, -0.25) is 5.21 Å². The lowest BCUT2D eigenvalue weighted by molar-refractivity contribution is -0.806. The first kappa shape index (κ1) is 10.3. The number of furan rings is 1. The molecule has 0 bridgehead atoms. The fraction of sp³-hybridized carbons (Fsp3) is 0.333. The van der Waals surface area contributed by atoms with Crippen LogP contribution in [0.15, 0.2) is 28.0 Å². The van der Waals surface area contributed by atoms with Gasteiger partial charge in [-0.1, -0.05) is 5.16 Å². The molecule has 0 radical (unpaired) electrons. The number of hydrogen-bond donors (Lipinski definition) is 2. The van der Waals surface area contributed by atoms with Crippen LogP contribution in [0.2, 0.25) is 0 Å². The molecule has 2 N–H and O–H groups in total. The van der Waals surface area contributed by atoms with Crippen LogP contribution in [0, 0.1) is 0 Å². The Bertz CT molecular complexity index is 339. The molecule has 5 heteroatoms. The number of nitrogens with zero attached hydrogens (tertiary/aromatic N) is 2. The standard InChI is InChI=1S/C9H12N2O3/c1-9(2,7-10-12)11(13)6-8-4-3-5-14-8/h3-7H,1-2H3,(H-,12,13)/p+1. The summed E-state index contributed by atoms with van der Waals surface area (Å²) < 4.78 is 5.92. The fourth-order valence-corrected chi connectivity index (χ4v) is 0.852. The molecule has 0 amide bonds. The first-order valence-corrected chi connectivity index (χ1v) is 4.11. The minimum atomic E-state index is -0.790. The maximum Gasteiger partial charge on any atom is 0.258 e. The third-order valence-corrected chi connectivity index (χ3v) is 1.76. The topological polar surface area (TPSA) is 69.0 Å². The van der Waals surface area contributed by atoms with E-state index in [4.69, 9.17) is 9.62 Å². The van der Waals surface area contributed by atoms with E-state index in [1.165, 1.54) is 18.7 Å². The van der Waals surface area contributed by atoms with Crippen molar-refractivity contribution in [2.45, 2.75) is 19.4 Å². The molecule has 0 aliphatic rings. The average molecular weight is 197 g/mol. The summed E-state index contributed by atoms with van der Waals surface area (Å²) >= 11 is 0. The van der Waals surface area contributed by atoms with E-state index in [0.717, 1.165) is 4.74 Å². The summed E-state index contributed by atoms with van der Waals surface area (Å²) in [6, 6.07) is 3.42. The molecule has 0 saturated heterocycles. The van der Waals surface area contributed by atoms with Gasteiger partial charge in [0, 0.05) is 13.8 Å².